The van der Waals surface area contributed by atoms with E-state index >= 15 is 0 Å². The van der Waals surface area contributed by atoms with Crippen LogP contribution in [-0.4, -0.2) is 33.7 Å². The SMILES string of the molecule is CCn1c(=O)cc(N2CC[C@@H](Nc3nccc(C)c3Br)C2)[nH]c1=O. The van der Waals surface area contributed by atoms with Gasteiger partial charge in [0.05, 0.1) is 4.47 Å². The molecule has 0 saturated carbocycles. The summed E-state index contributed by atoms with van der Waals surface area (Å²) in [5.74, 6) is 1.40. The lowest BCUT2D eigenvalue weighted by molar-refractivity contribution is 0.669. The zero-order valence-corrected chi connectivity index (χ0v) is 15.3. The molecule has 1 aliphatic rings. The summed E-state index contributed by atoms with van der Waals surface area (Å²) in [6.07, 6.45) is 2.68. The summed E-state index contributed by atoms with van der Waals surface area (Å²) >= 11 is 3.55. The van der Waals surface area contributed by atoms with E-state index in [1.807, 2.05) is 17.9 Å². The van der Waals surface area contributed by atoms with Crippen molar-refractivity contribution in [2.75, 3.05) is 23.3 Å². The van der Waals surface area contributed by atoms with Crippen LogP contribution in [0.25, 0.3) is 0 Å². The van der Waals surface area contributed by atoms with Crippen molar-refractivity contribution >= 4 is 27.6 Å². The number of aromatic amines is 1. The number of aromatic nitrogens is 3. The zero-order valence-electron chi connectivity index (χ0n) is 13.7. The van der Waals surface area contributed by atoms with E-state index in [1.54, 1.807) is 13.1 Å². The third kappa shape index (κ3) is 3.24. The van der Waals surface area contributed by atoms with Crippen molar-refractivity contribution < 1.29 is 0 Å². The van der Waals surface area contributed by atoms with Gasteiger partial charge in [0, 0.05) is 37.9 Å². The largest absolute Gasteiger partial charge is 0.365 e. The second-order valence-electron chi connectivity index (χ2n) is 5.91. The fraction of sp³-hybridized carbons (Fsp3) is 0.438. The maximum atomic E-state index is 12.0. The fourth-order valence-corrected chi connectivity index (χ4v) is 3.26. The normalized spacial score (nSPS) is 17.3. The van der Waals surface area contributed by atoms with E-state index in [0.29, 0.717) is 18.9 Å². The van der Waals surface area contributed by atoms with Crippen molar-refractivity contribution in [1.29, 1.82) is 0 Å². The Balaban J connectivity index is 1.75. The van der Waals surface area contributed by atoms with Gasteiger partial charge in [0.25, 0.3) is 5.56 Å². The fourth-order valence-electron chi connectivity index (χ4n) is 2.91. The minimum Gasteiger partial charge on any atom is -0.365 e. The predicted molar refractivity (Wildman–Crippen MR) is 97.9 cm³/mol. The highest BCUT2D eigenvalue weighted by molar-refractivity contribution is 9.10. The molecule has 8 heteroatoms. The van der Waals surface area contributed by atoms with Gasteiger partial charge in [-0.25, -0.2) is 9.78 Å². The first-order valence-electron chi connectivity index (χ1n) is 7.96. The lowest BCUT2D eigenvalue weighted by atomic mass is 10.2. The predicted octanol–water partition coefficient (Wildman–Crippen LogP) is 1.71. The average Bonchev–Trinajstić information content (AvgIpc) is 3.00. The monoisotopic (exact) mass is 393 g/mol. The van der Waals surface area contributed by atoms with Crippen LogP contribution in [-0.2, 0) is 6.54 Å². The Labute approximate surface area is 147 Å². The smallest absolute Gasteiger partial charge is 0.329 e. The van der Waals surface area contributed by atoms with E-state index in [0.717, 1.165) is 28.8 Å². The van der Waals surface area contributed by atoms with Crippen LogP contribution in [0, 0.1) is 6.92 Å². The van der Waals surface area contributed by atoms with Gasteiger partial charge in [0.15, 0.2) is 0 Å². The first kappa shape index (κ1) is 16.8. The number of rotatable bonds is 4. The summed E-state index contributed by atoms with van der Waals surface area (Å²) in [5.41, 5.74) is 0.491. The van der Waals surface area contributed by atoms with E-state index in [2.05, 4.69) is 31.2 Å². The second-order valence-corrected chi connectivity index (χ2v) is 6.70. The Bertz CT molecular complexity index is 829. The molecule has 0 aromatic carbocycles. The molecule has 1 fully saturated rings. The van der Waals surface area contributed by atoms with Crippen LogP contribution >= 0.6 is 15.9 Å². The molecule has 3 rings (SSSR count). The number of pyridine rings is 1. The summed E-state index contributed by atoms with van der Waals surface area (Å²) in [5, 5.41) is 3.43. The number of hydrogen-bond acceptors (Lipinski definition) is 5. The Kier molecular flexibility index (Phi) is 4.75. The molecule has 0 amide bonds. The van der Waals surface area contributed by atoms with Crippen LogP contribution in [0.4, 0.5) is 11.6 Å². The number of halogens is 1. The quantitative estimate of drug-likeness (QED) is 0.825. The minimum absolute atomic E-state index is 0.202. The molecule has 0 radical (unpaired) electrons. The van der Waals surface area contributed by atoms with E-state index in [4.69, 9.17) is 0 Å². The molecule has 1 saturated heterocycles. The Morgan fingerprint density at radius 1 is 1.46 bits per heavy atom. The summed E-state index contributed by atoms with van der Waals surface area (Å²) < 4.78 is 2.14. The second kappa shape index (κ2) is 6.80. The summed E-state index contributed by atoms with van der Waals surface area (Å²) in [4.78, 5) is 33.1. The van der Waals surface area contributed by atoms with Crippen LogP contribution < -0.4 is 21.5 Å². The molecule has 0 spiro atoms. The Morgan fingerprint density at radius 2 is 2.25 bits per heavy atom. The van der Waals surface area contributed by atoms with Gasteiger partial charge in [-0.3, -0.25) is 14.3 Å². The number of nitrogens with one attached hydrogen (secondary N) is 2. The first-order chi connectivity index (χ1) is 11.5. The number of anilines is 2. The summed E-state index contributed by atoms with van der Waals surface area (Å²) in [7, 11) is 0. The van der Waals surface area contributed by atoms with E-state index in [1.165, 1.54) is 10.6 Å². The lowest BCUT2D eigenvalue weighted by Crippen LogP contribution is -2.37. The molecule has 1 aliphatic heterocycles. The van der Waals surface area contributed by atoms with Gasteiger partial charge in [-0.15, -0.1) is 0 Å². The van der Waals surface area contributed by atoms with E-state index < -0.39 is 0 Å². The average molecular weight is 394 g/mol. The van der Waals surface area contributed by atoms with Gasteiger partial charge in [0.2, 0.25) is 0 Å². The number of H-pyrrole nitrogens is 1. The van der Waals surface area contributed by atoms with Crippen molar-refractivity contribution in [3.05, 3.63) is 49.2 Å². The van der Waals surface area contributed by atoms with Gasteiger partial charge in [-0.2, -0.15) is 0 Å². The van der Waals surface area contributed by atoms with Gasteiger partial charge < -0.3 is 10.2 Å². The molecular weight excluding hydrogens is 374 g/mol. The molecule has 128 valence electrons. The van der Waals surface area contributed by atoms with Crippen LogP contribution in [0.5, 0.6) is 0 Å². The van der Waals surface area contributed by atoms with E-state index in [9.17, 15) is 9.59 Å². The molecule has 2 N–H and O–H groups in total. The lowest BCUT2D eigenvalue weighted by Gasteiger charge is -2.19. The van der Waals surface area contributed by atoms with Crippen molar-refractivity contribution in [3.63, 3.8) is 0 Å². The molecule has 0 aliphatic carbocycles. The third-order valence-corrected chi connectivity index (χ3v) is 5.28. The molecule has 2 aromatic rings. The Morgan fingerprint density at radius 3 is 2.96 bits per heavy atom. The topological polar surface area (TPSA) is 83.0 Å². The van der Waals surface area contributed by atoms with Gasteiger partial charge in [-0.05, 0) is 47.8 Å². The number of hydrogen-bond donors (Lipinski definition) is 2. The molecular formula is C16H20BrN5O2. The Hall–Kier alpha value is -2.09. The van der Waals surface area contributed by atoms with Crippen LogP contribution in [0.2, 0.25) is 0 Å². The minimum atomic E-state index is -0.362. The molecule has 0 unspecified atom stereocenters. The maximum absolute atomic E-state index is 12.0. The van der Waals surface area contributed by atoms with Crippen LogP contribution in [0.1, 0.15) is 18.9 Å². The molecule has 0 bridgehead atoms. The van der Waals surface area contributed by atoms with Gasteiger partial charge in [-0.1, -0.05) is 0 Å². The van der Waals surface area contributed by atoms with Crippen LogP contribution in [0.15, 0.2) is 32.4 Å². The molecule has 1 atom stereocenters. The molecule has 2 aromatic heterocycles. The number of nitrogens with zero attached hydrogens (tertiary/aromatic N) is 3. The standard InChI is InChI=1S/C16H20BrN5O2/c1-3-22-13(23)8-12(20-16(22)24)21-7-5-11(9-21)19-15-14(17)10(2)4-6-18-15/h4,6,8,11H,3,5,7,9H2,1-2H3,(H,18,19)(H,20,24)/t11-/m1/s1. The highest BCUT2D eigenvalue weighted by atomic mass is 79.9. The van der Waals surface area contributed by atoms with Gasteiger partial charge in [0.1, 0.15) is 11.6 Å². The third-order valence-electron chi connectivity index (χ3n) is 4.27. The van der Waals surface area contributed by atoms with Crippen molar-refractivity contribution in [1.82, 2.24) is 14.5 Å². The van der Waals surface area contributed by atoms with E-state index in [-0.39, 0.29) is 17.3 Å². The summed E-state index contributed by atoms with van der Waals surface area (Å²) in [6.45, 7) is 5.63. The zero-order chi connectivity index (χ0) is 17.3. The molecule has 7 nitrogen and oxygen atoms in total. The molecule has 24 heavy (non-hydrogen) atoms. The maximum Gasteiger partial charge on any atom is 0.329 e. The highest BCUT2D eigenvalue weighted by Crippen LogP contribution is 2.26. The van der Waals surface area contributed by atoms with Crippen molar-refractivity contribution in [2.45, 2.75) is 32.9 Å². The van der Waals surface area contributed by atoms with Crippen molar-refractivity contribution in [2.24, 2.45) is 0 Å². The van der Waals surface area contributed by atoms with Crippen molar-refractivity contribution in [3.8, 4) is 0 Å². The first-order valence-corrected chi connectivity index (χ1v) is 8.75. The summed E-state index contributed by atoms with van der Waals surface area (Å²) in [6, 6.07) is 3.64. The van der Waals surface area contributed by atoms with Crippen LogP contribution in [0.3, 0.4) is 0 Å². The highest BCUT2D eigenvalue weighted by Gasteiger charge is 2.24. The van der Waals surface area contributed by atoms with Gasteiger partial charge >= 0.3 is 5.69 Å². The molecule has 3 heterocycles. The number of aryl methyl sites for hydroxylation is 1.